The first-order chi connectivity index (χ1) is 6.68. The van der Waals surface area contributed by atoms with Gasteiger partial charge in [0.05, 0.1) is 0 Å². The van der Waals surface area contributed by atoms with E-state index in [0.717, 1.165) is 16.8 Å². The highest BCUT2D eigenvalue weighted by Gasteiger charge is 2.16. The second-order valence-electron chi connectivity index (χ2n) is 3.54. The Morgan fingerprint density at radius 1 is 1.36 bits per heavy atom. The number of hydrazine groups is 1. The largest absolute Gasteiger partial charge is 0.378 e. The van der Waals surface area contributed by atoms with Crippen molar-refractivity contribution in [2.45, 2.75) is 6.54 Å². The molecule has 1 amide bonds. The number of hydrogen-bond donors (Lipinski definition) is 2. The van der Waals surface area contributed by atoms with E-state index in [4.69, 9.17) is 0 Å². The van der Waals surface area contributed by atoms with Gasteiger partial charge in [-0.25, -0.2) is 5.43 Å². The van der Waals surface area contributed by atoms with Crippen molar-refractivity contribution in [3.8, 4) is 0 Å². The summed E-state index contributed by atoms with van der Waals surface area (Å²) >= 11 is 0. The normalized spacial score (nSPS) is 14.6. The van der Waals surface area contributed by atoms with Crippen LogP contribution in [0.25, 0.3) is 0 Å². The third kappa shape index (κ3) is 1.44. The first kappa shape index (κ1) is 9.02. The van der Waals surface area contributed by atoms with Gasteiger partial charge in [0.1, 0.15) is 0 Å². The smallest absolute Gasteiger partial charge is 0.265 e. The maximum Gasteiger partial charge on any atom is 0.265 e. The second kappa shape index (κ2) is 3.31. The fourth-order valence-electron chi connectivity index (χ4n) is 1.50. The number of benzene rings is 1. The average molecular weight is 191 g/mol. The maximum atomic E-state index is 11.5. The molecule has 74 valence electrons. The van der Waals surface area contributed by atoms with Gasteiger partial charge < -0.3 is 4.90 Å². The monoisotopic (exact) mass is 191 g/mol. The molecule has 0 spiro atoms. The predicted octanol–water partition coefficient (Wildman–Crippen LogP) is 0.501. The van der Waals surface area contributed by atoms with E-state index >= 15 is 0 Å². The average Bonchev–Trinajstić information content (AvgIpc) is 2.18. The molecular weight excluding hydrogens is 178 g/mol. The summed E-state index contributed by atoms with van der Waals surface area (Å²) in [6.07, 6.45) is 0. The Bertz CT molecular complexity index is 374. The highest BCUT2D eigenvalue weighted by Crippen LogP contribution is 2.19. The Hall–Kier alpha value is -1.55. The van der Waals surface area contributed by atoms with E-state index in [9.17, 15) is 4.79 Å². The molecule has 0 atom stereocenters. The van der Waals surface area contributed by atoms with Gasteiger partial charge in [0, 0.05) is 31.9 Å². The first-order valence-corrected chi connectivity index (χ1v) is 4.52. The van der Waals surface area contributed by atoms with Crippen LogP contribution in [-0.4, -0.2) is 20.0 Å². The van der Waals surface area contributed by atoms with Gasteiger partial charge in [-0.1, -0.05) is 6.07 Å². The van der Waals surface area contributed by atoms with Crippen molar-refractivity contribution in [3.05, 3.63) is 29.3 Å². The molecule has 1 heterocycles. The summed E-state index contributed by atoms with van der Waals surface area (Å²) in [4.78, 5) is 13.4. The van der Waals surface area contributed by atoms with E-state index in [1.165, 1.54) is 0 Å². The Morgan fingerprint density at radius 2 is 2.14 bits per heavy atom. The van der Waals surface area contributed by atoms with E-state index in [2.05, 4.69) is 10.9 Å². The van der Waals surface area contributed by atoms with Crippen molar-refractivity contribution < 1.29 is 4.79 Å². The standard InChI is InChI=1S/C10H13N3O/c1-13(2)8-4-3-7-6-11-12-10(14)9(7)5-8/h3-5,11H,6H2,1-2H3,(H,12,14). The molecule has 2 rings (SSSR count). The van der Waals surface area contributed by atoms with Gasteiger partial charge in [-0.2, -0.15) is 0 Å². The number of fused-ring (bicyclic) bond motifs is 1. The van der Waals surface area contributed by atoms with E-state index < -0.39 is 0 Å². The van der Waals surface area contributed by atoms with Crippen molar-refractivity contribution in [2.75, 3.05) is 19.0 Å². The highest BCUT2D eigenvalue weighted by molar-refractivity contribution is 5.97. The topological polar surface area (TPSA) is 44.4 Å². The van der Waals surface area contributed by atoms with Crippen molar-refractivity contribution >= 4 is 11.6 Å². The summed E-state index contributed by atoms with van der Waals surface area (Å²) in [6, 6.07) is 5.90. The van der Waals surface area contributed by atoms with Crippen LogP contribution in [0, 0.1) is 0 Å². The summed E-state index contributed by atoms with van der Waals surface area (Å²) in [6.45, 7) is 0.689. The molecule has 4 nitrogen and oxygen atoms in total. The van der Waals surface area contributed by atoms with Crippen molar-refractivity contribution in [3.63, 3.8) is 0 Å². The fourth-order valence-corrected chi connectivity index (χ4v) is 1.50. The van der Waals surface area contributed by atoms with Crippen molar-refractivity contribution in [2.24, 2.45) is 0 Å². The fraction of sp³-hybridized carbons (Fsp3) is 0.300. The number of nitrogens with one attached hydrogen (secondary N) is 2. The molecule has 1 aliphatic heterocycles. The predicted molar refractivity (Wildman–Crippen MR) is 55.1 cm³/mol. The minimum absolute atomic E-state index is 0.0602. The molecule has 0 radical (unpaired) electrons. The van der Waals surface area contributed by atoms with Gasteiger partial charge in [-0.05, 0) is 17.7 Å². The molecule has 0 saturated heterocycles. The lowest BCUT2D eigenvalue weighted by Gasteiger charge is -2.20. The number of anilines is 1. The molecule has 1 aromatic carbocycles. The summed E-state index contributed by atoms with van der Waals surface area (Å²) in [5, 5.41) is 0. The lowest BCUT2D eigenvalue weighted by molar-refractivity contribution is 0.0920. The number of hydrogen-bond acceptors (Lipinski definition) is 3. The summed E-state index contributed by atoms with van der Waals surface area (Å²) in [5.41, 5.74) is 8.27. The molecule has 2 N–H and O–H groups in total. The van der Waals surface area contributed by atoms with Gasteiger partial charge in [-0.3, -0.25) is 10.2 Å². The molecule has 0 unspecified atom stereocenters. The number of carbonyl (C=O) groups excluding carboxylic acids is 1. The van der Waals surface area contributed by atoms with E-state index in [1.54, 1.807) is 0 Å². The first-order valence-electron chi connectivity index (χ1n) is 4.52. The summed E-state index contributed by atoms with van der Waals surface area (Å²) < 4.78 is 0. The van der Waals surface area contributed by atoms with Gasteiger partial charge in [0.15, 0.2) is 0 Å². The quantitative estimate of drug-likeness (QED) is 0.679. The van der Waals surface area contributed by atoms with Crippen LogP contribution >= 0.6 is 0 Å². The van der Waals surface area contributed by atoms with Gasteiger partial charge >= 0.3 is 0 Å². The van der Waals surface area contributed by atoms with E-state index in [-0.39, 0.29) is 5.91 Å². The minimum Gasteiger partial charge on any atom is -0.378 e. The van der Waals surface area contributed by atoms with E-state index in [0.29, 0.717) is 6.54 Å². The van der Waals surface area contributed by atoms with Gasteiger partial charge in [0.25, 0.3) is 5.91 Å². The third-order valence-electron chi connectivity index (χ3n) is 2.34. The molecule has 0 bridgehead atoms. The Labute approximate surface area is 82.9 Å². The molecule has 1 aliphatic rings. The van der Waals surface area contributed by atoms with Crippen molar-refractivity contribution in [1.82, 2.24) is 10.9 Å². The van der Waals surface area contributed by atoms with Crippen LogP contribution in [0.1, 0.15) is 15.9 Å². The lowest BCUT2D eigenvalue weighted by atomic mass is 10.0. The van der Waals surface area contributed by atoms with Gasteiger partial charge in [0.2, 0.25) is 0 Å². The lowest BCUT2D eigenvalue weighted by Crippen LogP contribution is -2.41. The number of amides is 1. The van der Waals surface area contributed by atoms with Gasteiger partial charge in [-0.15, -0.1) is 0 Å². The molecular formula is C10H13N3O. The SMILES string of the molecule is CN(C)c1ccc2c(c1)C(=O)NNC2. The van der Waals surface area contributed by atoms with Crippen LogP contribution in [0.4, 0.5) is 5.69 Å². The maximum absolute atomic E-state index is 11.5. The molecule has 0 aromatic heterocycles. The van der Waals surface area contributed by atoms with Crippen LogP contribution in [0.3, 0.4) is 0 Å². The van der Waals surface area contributed by atoms with Crippen molar-refractivity contribution in [1.29, 1.82) is 0 Å². The summed E-state index contributed by atoms with van der Waals surface area (Å²) in [7, 11) is 3.92. The molecule has 1 aromatic rings. The molecule has 14 heavy (non-hydrogen) atoms. The third-order valence-corrected chi connectivity index (χ3v) is 2.34. The van der Waals surface area contributed by atoms with Crippen LogP contribution in [0.15, 0.2) is 18.2 Å². The zero-order valence-corrected chi connectivity index (χ0v) is 8.29. The Kier molecular flexibility index (Phi) is 2.13. The van der Waals surface area contributed by atoms with E-state index in [1.807, 2.05) is 37.2 Å². The molecule has 0 fully saturated rings. The summed E-state index contributed by atoms with van der Waals surface area (Å²) in [5.74, 6) is -0.0602. The van der Waals surface area contributed by atoms with Crippen LogP contribution < -0.4 is 15.8 Å². The minimum atomic E-state index is -0.0602. The zero-order chi connectivity index (χ0) is 10.1. The number of carbonyl (C=O) groups is 1. The van der Waals surface area contributed by atoms with Crippen LogP contribution in [0.5, 0.6) is 0 Å². The molecule has 0 saturated carbocycles. The second-order valence-corrected chi connectivity index (χ2v) is 3.54. The zero-order valence-electron chi connectivity index (χ0n) is 8.29. The highest BCUT2D eigenvalue weighted by atomic mass is 16.2. The number of nitrogens with zero attached hydrogens (tertiary/aromatic N) is 1. The molecule has 4 heteroatoms. The Balaban J connectivity index is 2.46. The molecule has 0 aliphatic carbocycles. The number of rotatable bonds is 1. The van der Waals surface area contributed by atoms with Crippen LogP contribution in [0.2, 0.25) is 0 Å². The Morgan fingerprint density at radius 3 is 2.86 bits per heavy atom. The van der Waals surface area contributed by atoms with Crippen LogP contribution in [-0.2, 0) is 6.54 Å².